The van der Waals surface area contributed by atoms with Crippen LogP contribution in [0.4, 0.5) is 27.6 Å². The number of hydrogen-bond acceptors (Lipinski definition) is 4. The van der Waals surface area contributed by atoms with E-state index in [0.717, 1.165) is 11.8 Å². The fourth-order valence-corrected chi connectivity index (χ4v) is 3.70. The van der Waals surface area contributed by atoms with Gasteiger partial charge in [-0.05, 0) is 24.3 Å². The Morgan fingerprint density at radius 3 is 2.28 bits per heavy atom. The third-order valence-corrected chi connectivity index (χ3v) is 5.26. The molecule has 1 aliphatic heterocycles. The number of alkyl halides is 5. The highest BCUT2D eigenvalue weighted by Gasteiger charge is 2.61. The number of ether oxygens (including phenoxy) is 2. The molecule has 5 nitrogen and oxygen atoms in total. The zero-order valence-corrected chi connectivity index (χ0v) is 16.7. The molecule has 32 heavy (non-hydrogen) atoms. The Morgan fingerprint density at radius 1 is 0.906 bits per heavy atom. The standard InChI is InChI=1S/C22H19F5N2O3/c23-21(24,25)22(26,27)32-19-7-2-1-6-18(19)31-14-9-12-29(13-10-14)16-5-3-4-15-20(16)17(30)8-11-28-15/h1-8,11,14H,9-10,12-13H2,(H,28,30). The lowest BCUT2D eigenvalue weighted by Gasteiger charge is -2.34. The van der Waals surface area contributed by atoms with Crippen LogP contribution in [0, 0.1) is 0 Å². The van der Waals surface area contributed by atoms with Crippen LogP contribution in [-0.2, 0) is 0 Å². The maximum Gasteiger partial charge on any atom is 0.499 e. The smallest absolute Gasteiger partial charge is 0.486 e. The lowest BCUT2D eigenvalue weighted by Crippen LogP contribution is -2.42. The third-order valence-electron chi connectivity index (χ3n) is 5.26. The van der Waals surface area contributed by atoms with Gasteiger partial charge in [0.05, 0.1) is 16.6 Å². The van der Waals surface area contributed by atoms with E-state index in [9.17, 15) is 26.7 Å². The molecule has 3 aromatic rings. The van der Waals surface area contributed by atoms with Gasteiger partial charge in [0.15, 0.2) is 16.9 Å². The van der Waals surface area contributed by atoms with E-state index in [2.05, 4.69) is 9.72 Å². The molecule has 4 rings (SSSR count). The van der Waals surface area contributed by atoms with Gasteiger partial charge < -0.3 is 19.4 Å². The molecular formula is C22H19F5N2O3. The molecule has 1 fully saturated rings. The molecule has 0 spiro atoms. The number of hydrogen-bond donors (Lipinski definition) is 1. The van der Waals surface area contributed by atoms with Gasteiger partial charge >= 0.3 is 12.3 Å². The van der Waals surface area contributed by atoms with Crippen molar-refractivity contribution in [2.24, 2.45) is 0 Å². The predicted octanol–water partition coefficient (Wildman–Crippen LogP) is 5.11. The minimum atomic E-state index is -5.85. The van der Waals surface area contributed by atoms with Gasteiger partial charge in [-0.3, -0.25) is 4.79 Å². The summed E-state index contributed by atoms with van der Waals surface area (Å²) < 4.78 is 73.9. The van der Waals surface area contributed by atoms with Gasteiger partial charge in [0.2, 0.25) is 0 Å². The van der Waals surface area contributed by atoms with Crippen molar-refractivity contribution in [1.29, 1.82) is 0 Å². The molecule has 1 aromatic heterocycles. The molecule has 2 heterocycles. The van der Waals surface area contributed by atoms with Gasteiger partial charge in [-0.15, -0.1) is 0 Å². The Kier molecular flexibility index (Phi) is 5.70. The number of para-hydroxylation sites is 2. The maximum atomic E-state index is 13.3. The SMILES string of the molecule is O=c1cc[nH]c2cccc(N3CCC(Oc4ccccc4OC(F)(F)C(F)(F)F)CC3)c12. The number of nitrogens with zero attached hydrogens (tertiary/aromatic N) is 1. The summed E-state index contributed by atoms with van der Waals surface area (Å²) in [6, 6.07) is 12.0. The first-order valence-corrected chi connectivity index (χ1v) is 9.90. The van der Waals surface area contributed by atoms with Crippen molar-refractivity contribution in [2.75, 3.05) is 18.0 Å². The maximum absolute atomic E-state index is 13.3. The summed E-state index contributed by atoms with van der Waals surface area (Å²) in [4.78, 5) is 17.4. The Morgan fingerprint density at radius 2 is 1.59 bits per heavy atom. The second-order valence-electron chi connectivity index (χ2n) is 7.41. The molecule has 1 saturated heterocycles. The van der Waals surface area contributed by atoms with E-state index in [1.54, 1.807) is 6.20 Å². The van der Waals surface area contributed by atoms with Gasteiger partial charge in [0.25, 0.3) is 0 Å². The van der Waals surface area contributed by atoms with Gasteiger partial charge in [-0.25, -0.2) is 0 Å². The lowest BCUT2D eigenvalue weighted by atomic mass is 10.0. The first-order valence-electron chi connectivity index (χ1n) is 9.90. The van der Waals surface area contributed by atoms with Crippen LogP contribution in [0.1, 0.15) is 12.8 Å². The van der Waals surface area contributed by atoms with Crippen LogP contribution in [0.15, 0.2) is 59.5 Å². The van der Waals surface area contributed by atoms with Crippen LogP contribution in [0.25, 0.3) is 10.9 Å². The summed E-state index contributed by atoms with van der Waals surface area (Å²) in [5.74, 6) is -0.866. The highest BCUT2D eigenvalue weighted by atomic mass is 19.4. The Hall–Kier alpha value is -3.30. The monoisotopic (exact) mass is 454 g/mol. The highest BCUT2D eigenvalue weighted by Crippen LogP contribution is 2.40. The molecule has 0 atom stereocenters. The number of halogens is 5. The van der Waals surface area contributed by atoms with Crippen LogP contribution in [-0.4, -0.2) is 36.5 Å². The van der Waals surface area contributed by atoms with Gasteiger partial charge in [0.1, 0.15) is 6.10 Å². The van der Waals surface area contributed by atoms with E-state index in [-0.39, 0.29) is 11.2 Å². The number of H-pyrrole nitrogens is 1. The largest absolute Gasteiger partial charge is 0.499 e. The fraction of sp³-hybridized carbons (Fsp3) is 0.318. The topological polar surface area (TPSA) is 54.6 Å². The number of piperidine rings is 1. The summed E-state index contributed by atoms with van der Waals surface area (Å²) >= 11 is 0. The van der Waals surface area contributed by atoms with E-state index < -0.39 is 24.1 Å². The van der Waals surface area contributed by atoms with E-state index in [1.807, 2.05) is 23.1 Å². The molecule has 0 aliphatic carbocycles. The second kappa shape index (κ2) is 8.33. The van der Waals surface area contributed by atoms with Crippen molar-refractivity contribution < 1.29 is 31.4 Å². The van der Waals surface area contributed by atoms with Crippen LogP contribution >= 0.6 is 0 Å². The molecule has 0 unspecified atom stereocenters. The Bertz CT molecular complexity index is 1150. The number of nitrogens with one attached hydrogen (secondary N) is 1. The minimum Gasteiger partial charge on any atom is -0.486 e. The average Bonchev–Trinajstić information content (AvgIpc) is 2.75. The number of pyridine rings is 1. The quantitative estimate of drug-likeness (QED) is 0.545. The summed E-state index contributed by atoms with van der Waals surface area (Å²) in [5.41, 5.74) is 1.38. The molecular weight excluding hydrogens is 435 g/mol. The minimum absolute atomic E-state index is 0.107. The van der Waals surface area contributed by atoms with Crippen LogP contribution in [0.3, 0.4) is 0 Å². The van der Waals surface area contributed by atoms with E-state index in [1.165, 1.54) is 24.3 Å². The van der Waals surface area contributed by atoms with E-state index >= 15 is 0 Å². The molecule has 0 saturated carbocycles. The molecule has 1 aliphatic rings. The normalized spacial score (nSPS) is 15.7. The summed E-state index contributed by atoms with van der Waals surface area (Å²) in [7, 11) is 0. The first-order chi connectivity index (χ1) is 15.2. The third kappa shape index (κ3) is 4.35. The van der Waals surface area contributed by atoms with Crippen LogP contribution in [0.2, 0.25) is 0 Å². The highest BCUT2D eigenvalue weighted by molar-refractivity contribution is 5.91. The molecule has 2 aromatic carbocycles. The van der Waals surface area contributed by atoms with Crippen molar-refractivity contribution >= 4 is 16.6 Å². The predicted molar refractivity (Wildman–Crippen MR) is 109 cm³/mol. The zero-order chi connectivity index (χ0) is 22.9. The Labute approximate surface area is 179 Å². The fourth-order valence-electron chi connectivity index (χ4n) is 3.70. The van der Waals surface area contributed by atoms with Crippen molar-refractivity contribution in [3.05, 3.63) is 65.0 Å². The number of fused-ring (bicyclic) bond motifs is 1. The van der Waals surface area contributed by atoms with Crippen molar-refractivity contribution in [2.45, 2.75) is 31.2 Å². The molecule has 10 heteroatoms. The zero-order valence-electron chi connectivity index (χ0n) is 16.7. The second-order valence-corrected chi connectivity index (χ2v) is 7.41. The Balaban J connectivity index is 1.47. The summed E-state index contributed by atoms with van der Waals surface area (Å²) in [6.07, 6.45) is -9.06. The lowest BCUT2D eigenvalue weighted by molar-refractivity contribution is -0.360. The molecule has 0 amide bonds. The number of rotatable bonds is 5. The van der Waals surface area contributed by atoms with Gasteiger partial charge in [-0.1, -0.05) is 18.2 Å². The van der Waals surface area contributed by atoms with Crippen LogP contribution < -0.4 is 19.8 Å². The van der Waals surface area contributed by atoms with Crippen molar-refractivity contribution in [3.8, 4) is 11.5 Å². The summed E-state index contributed by atoms with van der Waals surface area (Å²) in [6.45, 7) is 1.03. The first kappa shape index (κ1) is 21.9. The average molecular weight is 454 g/mol. The molecule has 1 N–H and O–H groups in total. The van der Waals surface area contributed by atoms with Gasteiger partial charge in [-0.2, -0.15) is 22.0 Å². The van der Waals surface area contributed by atoms with E-state index in [4.69, 9.17) is 4.74 Å². The molecule has 170 valence electrons. The number of aromatic nitrogens is 1. The molecule has 0 radical (unpaired) electrons. The van der Waals surface area contributed by atoms with Crippen molar-refractivity contribution in [3.63, 3.8) is 0 Å². The molecule has 0 bridgehead atoms. The summed E-state index contributed by atoms with van der Waals surface area (Å²) in [5, 5.41) is 0.572. The number of aromatic amines is 1. The van der Waals surface area contributed by atoms with Crippen LogP contribution in [0.5, 0.6) is 11.5 Å². The van der Waals surface area contributed by atoms with Crippen molar-refractivity contribution in [1.82, 2.24) is 4.98 Å². The number of anilines is 1. The van der Waals surface area contributed by atoms with Gasteiger partial charge in [0, 0.05) is 38.2 Å². The van der Waals surface area contributed by atoms with E-state index in [0.29, 0.717) is 36.8 Å². The number of benzene rings is 2.